The molecule has 1 fully saturated rings. The Kier molecular flexibility index (Phi) is 5.42. The van der Waals surface area contributed by atoms with Gasteiger partial charge in [0.2, 0.25) is 4.77 Å². The molecule has 0 aliphatic carbocycles. The van der Waals surface area contributed by atoms with Gasteiger partial charge < -0.3 is 4.74 Å². The van der Waals surface area contributed by atoms with Crippen molar-refractivity contribution in [1.82, 2.24) is 19.7 Å². The summed E-state index contributed by atoms with van der Waals surface area (Å²) >= 11 is 5.37. The lowest BCUT2D eigenvalue weighted by Gasteiger charge is -2.31. The van der Waals surface area contributed by atoms with Crippen LogP contribution in [0.2, 0.25) is 0 Å². The smallest absolute Gasteiger partial charge is 0.310 e. The highest BCUT2D eigenvalue weighted by Gasteiger charge is 2.27. The second-order valence-electron chi connectivity index (χ2n) is 5.96. The number of benzene rings is 1. The highest BCUT2D eigenvalue weighted by Crippen LogP contribution is 2.19. The third kappa shape index (κ3) is 3.91. The van der Waals surface area contributed by atoms with Gasteiger partial charge in [-0.3, -0.25) is 14.8 Å². The number of carbonyl (C=O) groups excluding carboxylic acids is 1. The number of esters is 1. The molecule has 3 rings (SSSR count). The number of aromatic amines is 1. The zero-order chi connectivity index (χ0) is 16.9. The summed E-state index contributed by atoms with van der Waals surface area (Å²) in [5, 5.41) is 3.26. The molecule has 0 unspecified atom stereocenters. The summed E-state index contributed by atoms with van der Waals surface area (Å²) in [6.07, 6.45) is 1.87. The van der Waals surface area contributed by atoms with Crippen LogP contribution in [0.1, 0.15) is 19.8 Å². The molecule has 0 bridgehead atoms. The number of H-pyrrole nitrogens is 1. The summed E-state index contributed by atoms with van der Waals surface area (Å²) in [5.41, 5.74) is 1.00. The van der Waals surface area contributed by atoms with E-state index in [0.29, 0.717) is 24.6 Å². The van der Waals surface area contributed by atoms with Crippen LogP contribution in [0.25, 0.3) is 11.4 Å². The predicted octanol–water partition coefficient (Wildman–Crippen LogP) is 2.84. The Morgan fingerprint density at radius 1 is 1.42 bits per heavy atom. The maximum absolute atomic E-state index is 12.0. The van der Waals surface area contributed by atoms with Crippen molar-refractivity contribution in [2.75, 3.05) is 19.7 Å². The summed E-state index contributed by atoms with van der Waals surface area (Å²) < 4.78 is 7.53. The number of nitrogens with zero attached hydrogens (tertiary/aromatic N) is 3. The molecule has 1 N–H and O–H groups in total. The number of hydrogen-bond acceptors (Lipinski definition) is 5. The molecule has 7 heteroatoms. The van der Waals surface area contributed by atoms with Gasteiger partial charge in [-0.1, -0.05) is 30.3 Å². The Bertz CT molecular complexity index is 741. The van der Waals surface area contributed by atoms with Crippen LogP contribution in [-0.4, -0.2) is 45.3 Å². The first-order valence-electron chi connectivity index (χ1n) is 8.28. The molecule has 1 aliphatic heterocycles. The van der Waals surface area contributed by atoms with Gasteiger partial charge in [0.25, 0.3) is 0 Å². The van der Waals surface area contributed by atoms with E-state index in [-0.39, 0.29) is 11.9 Å². The van der Waals surface area contributed by atoms with Crippen molar-refractivity contribution in [2.24, 2.45) is 5.92 Å². The van der Waals surface area contributed by atoms with Crippen molar-refractivity contribution in [3.05, 3.63) is 35.1 Å². The first kappa shape index (κ1) is 16.9. The molecule has 1 aromatic heterocycles. The Balaban J connectivity index is 1.69. The van der Waals surface area contributed by atoms with Gasteiger partial charge in [-0.15, -0.1) is 0 Å². The number of nitrogens with one attached hydrogen (secondary N) is 1. The zero-order valence-corrected chi connectivity index (χ0v) is 14.6. The molecule has 0 saturated carbocycles. The van der Waals surface area contributed by atoms with Gasteiger partial charge in [0.1, 0.15) is 0 Å². The summed E-state index contributed by atoms with van der Waals surface area (Å²) in [7, 11) is 0. The Labute approximate surface area is 146 Å². The van der Waals surface area contributed by atoms with Gasteiger partial charge in [-0.05, 0) is 38.5 Å². The molecule has 0 spiro atoms. The largest absolute Gasteiger partial charge is 0.466 e. The fraction of sp³-hybridized carbons (Fsp3) is 0.471. The lowest BCUT2D eigenvalue weighted by Crippen LogP contribution is -2.40. The number of ether oxygens (including phenoxy) is 1. The third-order valence-electron chi connectivity index (χ3n) is 4.19. The molecule has 6 nitrogen and oxygen atoms in total. The van der Waals surface area contributed by atoms with Crippen molar-refractivity contribution < 1.29 is 9.53 Å². The van der Waals surface area contributed by atoms with Crippen molar-refractivity contribution in [3.63, 3.8) is 0 Å². The van der Waals surface area contributed by atoms with Crippen LogP contribution in [0, 0.1) is 10.7 Å². The van der Waals surface area contributed by atoms with Gasteiger partial charge in [-0.25, -0.2) is 4.68 Å². The van der Waals surface area contributed by atoms with Crippen molar-refractivity contribution in [2.45, 2.75) is 26.4 Å². The van der Waals surface area contributed by atoms with Gasteiger partial charge in [0, 0.05) is 12.1 Å². The second-order valence-corrected chi connectivity index (χ2v) is 6.32. The van der Waals surface area contributed by atoms with Crippen LogP contribution in [-0.2, 0) is 16.2 Å². The van der Waals surface area contributed by atoms with E-state index >= 15 is 0 Å². The normalized spacial score (nSPS) is 18.5. The monoisotopic (exact) mass is 346 g/mol. The lowest BCUT2D eigenvalue weighted by atomic mass is 9.99. The van der Waals surface area contributed by atoms with Gasteiger partial charge >= 0.3 is 5.97 Å². The number of likely N-dealkylation sites (tertiary alicyclic amines) is 1. The van der Waals surface area contributed by atoms with E-state index < -0.39 is 0 Å². The molecule has 2 heterocycles. The fourth-order valence-corrected chi connectivity index (χ4v) is 3.21. The topological polar surface area (TPSA) is 63.1 Å². The first-order chi connectivity index (χ1) is 11.7. The Morgan fingerprint density at radius 2 is 2.21 bits per heavy atom. The van der Waals surface area contributed by atoms with Gasteiger partial charge in [-0.2, -0.15) is 4.98 Å². The number of piperidine rings is 1. The Hall–Kier alpha value is -1.99. The van der Waals surface area contributed by atoms with Crippen LogP contribution < -0.4 is 0 Å². The van der Waals surface area contributed by atoms with E-state index in [4.69, 9.17) is 17.0 Å². The average molecular weight is 346 g/mol. The molecule has 0 radical (unpaired) electrons. The van der Waals surface area contributed by atoms with Crippen LogP contribution in [0.15, 0.2) is 30.3 Å². The summed E-state index contributed by atoms with van der Waals surface area (Å²) in [4.78, 5) is 18.6. The van der Waals surface area contributed by atoms with E-state index in [9.17, 15) is 4.79 Å². The molecule has 1 atom stereocenters. The number of rotatable bonds is 5. The molecule has 1 aliphatic rings. The van der Waals surface area contributed by atoms with Crippen LogP contribution in [0.3, 0.4) is 0 Å². The summed E-state index contributed by atoms with van der Waals surface area (Å²) in [6.45, 7) is 4.52. The van der Waals surface area contributed by atoms with Crippen LogP contribution in [0.4, 0.5) is 0 Å². The summed E-state index contributed by atoms with van der Waals surface area (Å²) in [5.74, 6) is 0.615. The van der Waals surface area contributed by atoms with E-state index in [1.807, 2.05) is 41.9 Å². The number of hydrogen-bond donors (Lipinski definition) is 1. The number of carbonyl (C=O) groups is 1. The highest BCUT2D eigenvalue weighted by atomic mass is 32.1. The SMILES string of the molecule is CCOC(=O)[C@@H]1CCCN(Cn2[nH]c(-c3ccccc3)nc2=S)C1. The quantitative estimate of drug-likeness (QED) is 0.666. The molecule has 2 aromatic rings. The lowest BCUT2D eigenvalue weighted by molar-refractivity contribution is -0.150. The van der Waals surface area contributed by atoms with Crippen molar-refractivity contribution in [1.29, 1.82) is 0 Å². The molecule has 24 heavy (non-hydrogen) atoms. The molecular formula is C17H22N4O2S. The minimum atomic E-state index is -0.0969. The second kappa shape index (κ2) is 7.72. The van der Waals surface area contributed by atoms with Crippen molar-refractivity contribution >= 4 is 18.2 Å². The zero-order valence-electron chi connectivity index (χ0n) is 13.8. The van der Waals surface area contributed by atoms with Gasteiger partial charge in [0.05, 0.1) is 19.2 Å². The fourth-order valence-electron chi connectivity index (χ4n) is 3.01. The molecule has 1 saturated heterocycles. The van der Waals surface area contributed by atoms with E-state index in [2.05, 4.69) is 15.0 Å². The number of aromatic nitrogens is 3. The summed E-state index contributed by atoms with van der Waals surface area (Å²) in [6, 6.07) is 9.91. The van der Waals surface area contributed by atoms with Gasteiger partial charge in [0.15, 0.2) is 5.82 Å². The molecule has 1 aromatic carbocycles. The maximum atomic E-state index is 12.0. The third-order valence-corrected chi connectivity index (χ3v) is 4.50. The minimum absolute atomic E-state index is 0.0515. The average Bonchev–Trinajstić information content (AvgIpc) is 2.97. The molecule has 0 amide bonds. The highest BCUT2D eigenvalue weighted by molar-refractivity contribution is 7.71. The first-order valence-corrected chi connectivity index (χ1v) is 8.69. The van der Waals surface area contributed by atoms with E-state index in [1.54, 1.807) is 0 Å². The van der Waals surface area contributed by atoms with E-state index in [1.165, 1.54) is 0 Å². The van der Waals surface area contributed by atoms with Crippen molar-refractivity contribution in [3.8, 4) is 11.4 Å². The maximum Gasteiger partial charge on any atom is 0.310 e. The standard InChI is InChI=1S/C17H22N4O2S/c1-2-23-16(22)14-9-6-10-20(11-14)12-21-17(24)18-15(19-21)13-7-4-3-5-8-13/h3-5,7-8,14H,2,6,9-12H2,1H3,(H,18,19,24)/t14-/m1/s1. The predicted molar refractivity (Wildman–Crippen MR) is 93.8 cm³/mol. The molecular weight excluding hydrogens is 324 g/mol. The molecule has 128 valence electrons. The van der Waals surface area contributed by atoms with Crippen LogP contribution >= 0.6 is 12.2 Å². The van der Waals surface area contributed by atoms with Crippen LogP contribution in [0.5, 0.6) is 0 Å². The Morgan fingerprint density at radius 3 is 2.96 bits per heavy atom. The van der Waals surface area contributed by atoms with E-state index in [0.717, 1.165) is 30.8 Å². The minimum Gasteiger partial charge on any atom is -0.466 e.